The fourth-order valence-electron chi connectivity index (χ4n) is 2.34. The van der Waals surface area contributed by atoms with Gasteiger partial charge in [-0.25, -0.2) is 0 Å². The first kappa shape index (κ1) is 15.4. The maximum absolute atomic E-state index is 11.9. The molecule has 0 bridgehead atoms. The Morgan fingerprint density at radius 2 is 2.39 bits per heavy atom. The molecule has 1 fully saturated rings. The Morgan fingerprint density at radius 1 is 1.61 bits per heavy atom. The Kier molecular flexibility index (Phi) is 7.23. The number of aliphatic hydroxyl groups excluding tert-OH is 1. The van der Waals surface area contributed by atoms with Crippen LogP contribution in [-0.2, 0) is 9.53 Å². The van der Waals surface area contributed by atoms with Gasteiger partial charge < -0.3 is 15.2 Å². The summed E-state index contributed by atoms with van der Waals surface area (Å²) in [5.41, 5.74) is 0. The molecule has 2 unspecified atom stereocenters. The van der Waals surface area contributed by atoms with Crippen molar-refractivity contribution in [1.82, 2.24) is 10.2 Å². The van der Waals surface area contributed by atoms with Crippen LogP contribution in [0.1, 0.15) is 26.2 Å². The minimum atomic E-state index is -0.109. The van der Waals surface area contributed by atoms with Gasteiger partial charge >= 0.3 is 0 Å². The summed E-state index contributed by atoms with van der Waals surface area (Å²) in [4.78, 5) is 14.1. The monoisotopic (exact) mass is 258 g/mol. The normalized spacial score (nSPS) is 22.7. The molecular weight excluding hydrogens is 232 g/mol. The van der Waals surface area contributed by atoms with Gasteiger partial charge in [0, 0.05) is 33.4 Å². The number of piperidine rings is 1. The number of hydrogen-bond donors (Lipinski definition) is 2. The summed E-state index contributed by atoms with van der Waals surface area (Å²) in [6, 6.07) is -0.109. The Labute approximate surface area is 109 Å². The van der Waals surface area contributed by atoms with Crippen molar-refractivity contribution in [3.8, 4) is 0 Å². The lowest BCUT2D eigenvalue weighted by molar-refractivity contribution is -0.126. The highest BCUT2D eigenvalue weighted by Gasteiger charge is 2.26. The van der Waals surface area contributed by atoms with Gasteiger partial charge in [0.15, 0.2) is 0 Å². The molecule has 106 valence electrons. The fraction of sp³-hybridized carbons (Fsp3) is 0.923. The lowest BCUT2D eigenvalue weighted by Gasteiger charge is -2.35. The molecule has 18 heavy (non-hydrogen) atoms. The molecule has 1 saturated heterocycles. The quantitative estimate of drug-likeness (QED) is 0.642. The highest BCUT2D eigenvalue weighted by molar-refractivity contribution is 5.81. The second-order valence-corrected chi connectivity index (χ2v) is 5.00. The third-order valence-corrected chi connectivity index (χ3v) is 3.56. The van der Waals surface area contributed by atoms with Gasteiger partial charge in [0.1, 0.15) is 0 Å². The summed E-state index contributed by atoms with van der Waals surface area (Å²) in [6.07, 6.45) is 2.97. The zero-order chi connectivity index (χ0) is 13.4. The van der Waals surface area contributed by atoms with Crippen molar-refractivity contribution in [2.75, 3.05) is 40.0 Å². The number of methoxy groups -OCH3 is 1. The van der Waals surface area contributed by atoms with Gasteiger partial charge in [0.25, 0.3) is 0 Å². The van der Waals surface area contributed by atoms with Gasteiger partial charge in [-0.05, 0) is 38.6 Å². The van der Waals surface area contributed by atoms with Gasteiger partial charge in [-0.15, -0.1) is 0 Å². The molecule has 1 amide bonds. The standard InChI is InChI=1S/C13H26N2O3/c1-11(13(17)14-6-4-8-18-2)15-7-3-5-12(9-15)10-16/h11-12,16H,3-10H2,1-2H3,(H,14,17). The van der Waals surface area contributed by atoms with Gasteiger partial charge in [0.2, 0.25) is 5.91 Å². The van der Waals surface area contributed by atoms with Gasteiger partial charge in [-0.1, -0.05) is 0 Å². The molecule has 1 aliphatic rings. The second-order valence-electron chi connectivity index (χ2n) is 5.00. The largest absolute Gasteiger partial charge is 0.396 e. The van der Waals surface area contributed by atoms with Crippen LogP contribution >= 0.6 is 0 Å². The number of ether oxygens (including phenoxy) is 1. The number of nitrogens with one attached hydrogen (secondary N) is 1. The van der Waals surface area contributed by atoms with E-state index in [1.165, 1.54) is 0 Å². The van der Waals surface area contributed by atoms with Gasteiger partial charge in [-0.2, -0.15) is 0 Å². The molecule has 5 nitrogen and oxygen atoms in total. The molecule has 0 aliphatic carbocycles. The third kappa shape index (κ3) is 4.92. The van der Waals surface area contributed by atoms with Crippen LogP contribution < -0.4 is 5.32 Å². The molecule has 1 aliphatic heterocycles. The molecule has 1 heterocycles. The average Bonchev–Trinajstić information content (AvgIpc) is 2.42. The average molecular weight is 258 g/mol. The smallest absolute Gasteiger partial charge is 0.237 e. The van der Waals surface area contributed by atoms with E-state index in [-0.39, 0.29) is 18.6 Å². The SMILES string of the molecule is COCCCNC(=O)C(C)N1CCCC(CO)C1. The van der Waals surface area contributed by atoms with E-state index in [4.69, 9.17) is 4.74 Å². The Balaban J connectivity index is 2.28. The summed E-state index contributed by atoms with van der Waals surface area (Å²) in [5, 5.41) is 12.1. The molecule has 2 N–H and O–H groups in total. The molecule has 2 atom stereocenters. The van der Waals surface area contributed by atoms with Crippen LogP contribution in [0.2, 0.25) is 0 Å². The third-order valence-electron chi connectivity index (χ3n) is 3.56. The minimum Gasteiger partial charge on any atom is -0.396 e. The van der Waals surface area contributed by atoms with E-state index in [2.05, 4.69) is 10.2 Å². The number of carbonyl (C=O) groups excluding carboxylic acids is 1. The van der Waals surface area contributed by atoms with Crippen LogP contribution in [0.25, 0.3) is 0 Å². The number of amides is 1. The number of likely N-dealkylation sites (tertiary alicyclic amines) is 1. The number of rotatable bonds is 7. The summed E-state index contributed by atoms with van der Waals surface area (Å²) in [6.45, 7) is 5.26. The maximum Gasteiger partial charge on any atom is 0.237 e. The second kappa shape index (κ2) is 8.45. The molecular formula is C13H26N2O3. The Hall–Kier alpha value is -0.650. The number of carbonyl (C=O) groups is 1. The van der Waals surface area contributed by atoms with Gasteiger partial charge in [-0.3, -0.25) is 9.69 Å². The van der Waals surface area contributed by atoms with Crippen molar-refractivity contribution in [3.63, 3.8) is 0 Å². The minimum absolute atomic E-state index is 0.0738. The van der Waals surface area contributed by atoms with Crippen molar-refractivity contribution in [1.29, 1.82) is 0 Å². The maximum atomic E-state index is 11.9. The lowest BCUT2D eigenvalue weighted by Crippen LogP contribution is -2.49. The zero-order valence-corrected chi connectivity index (χ0v) is 11.5. The van der Waals surface area contributed by atoms with E-state index >= 15 is 0 Å². The molecule has 5 heteroatoms. The Bertz CT molecular complexity index is 248. The predicted molar refractivity (Wildman–Crippen MR) is 70.3 cm³/mol. The summed E-state index contributed by atoms with van der Waals surface area (Å²) >= 11 is 0. The first-order valence-corrected chi connectivity index (χ1v) is 6.80. The summed E-state index contributed by atoms with van der Waals surface area (Å²) in [5.74, 6) is 0.396. The van der Waals surface area contributed by atoms with Gasteiger partial charge in [0.05, 0.1) is 6.04 Å². The van der Waals surface area contributed by atoms with Crippen molar-refractivity contribution < 1.29 is 14.6 Å². The van der Waals surface area contributed by atoms with E-state index in [0.717, 1.165) is 32.4 Å². The van der Waals surface area contributed by atoms with Crippen LogP contribution in [0.3, 0.4) is 0 Å². The van der Waals surface area contributed by atoms with Crippen molar-refractivity contribution in [2.45, 2.75) is 32.2 Å². The number of nitrogens with zero attached hydrogens (tertiary/aromatic N) is 1. The van der Waals surface area contributed by atoms with Crippen molar-refractivity contribution in [2.24, 2.45) is 5.92 Å². The van der Waals surface area contributed by atoms with Crippen LogP contribution in [-0.4, -0.2) is 61.9 Å². The van der Waals surface area contributed by atoms with Crippen molar-refractivity contribution >= 4 is 5.91 Å². The summed E-state index contributed by atoms with van der Waals surface area (Å²) in [7, 11) is 1.66. The summed E-state index contributed by atoms with van der Waals surface area (Å²) < 4.78 is 4.94. The van der Waals surface area contributed by atoms with Crippen LogP contribution in [0.5, 0.6) is 0 Å². The molecule has 0 saturated carbocycles. The highest BCUT2D eigenvalue weighted by atomic mass is 16.5. The number of hydrogen-bond acceptors (Lipinski definition) is 4. The number of aliphatic hydroxyl groups is 1. The van der Waals surface area contributed by atoms with E-state index in [0.29, 0.717) is 19.1 Å². The fourth-order valence-corrected chi connectivity index (χ4v) is 2.34. The van der Waals surface area contributed by atoms with E-state index < -0.39 is 0 Å². The zero-order valence-electron chi connectivity index (χ0n) is 11.5. The molecule has 0 radical (unpaired) electrons. The van der Waals surface area contributed by atoms with Crippen LogP contribution in [0, 0.1) is 5.92 Å². The molecule has 1 rings (SSSR count). The molecule has 0 aromatic carbocycles. The topological polar surface area (TPSA) is 61.8 Å². The first-order chi connectivity index (χ1) is 8.69. The predicted octanol–water partition coefficient (Wildman–Crippen LogP) is 0.232. The highest BCUT2D eigenvalue weighted by Crippen LogP contribution is 2.17. The van der Waals surface area contributed by atoms with E-state index in [1.54, 1.807) is 7.11 Å². The lowest BCUT2D eigenvalue weighted by atomic mass is 9.97. The van der Waals surface area contributed by atoms with Crippen molar-refractivity contribution in [3.05, 3.63) is 0 Å². The van der Waals surface area contributed by atoms with E-state index in [1.807, 2.05) is 6.92 Å². The first-order valence-electron chi connectivity index (χ1n) is 6.80. The molecule has 0 spiro atoms. The van der Waals surface area contributed by atoms with Crippen LogP contribution in [0.4, 0.5) is 0 Å². The molecule has 0 aromatic rings. The van der Waals surface area contributed by atoms with E-state index in [9.17, 15) is 9.90 Å². The molecule has 0 aromatic heterocycles. The van der Waals surface area contributed by atoms with Crippen LogP contribution in [0.15, 0.2) is 0 Å². The Morgan fingerprint density at radius 3 is 3.06 bits per heavy atom.